The molecule has 2 aromatic rings. The van der Waals surface area contributed by atoms with E-state index in [1.165, 1.54) is 0 Å². The van der Waals surface area contributed by atoms with E-state index in [1.807, 2.05) is 29.6 Å². The minimum Gasteiger partial charge on any atom is -0.497 e. The van der Waals surface area contributed by atoms with Gasteiger partial charge in [0.25, 0.3) is 0 Å². The minimum atomic E-state index is -0.509. The molecule has 0 saturated carbocycles. The van der Waals surface area contributed by atoms with Crippen molar-refractivity contribution in [2.24, 2.45) is 0 Å². The number of piperazine rings is 1. The van der Waals surface area contributed by atoms with Crippen LogP contribution in [0.1, 0.15) is 11.9 Å². The van der Waals surface area contributed by atoms with E-state index < -0.39 is 6.04 Å². The number of thiazole rings is 1. The third kappa shape index (κ3) is 3.96. The molecule has 3 rings (SSSR count). The van der Waals surface area contributed by atoms with E-state index in [-0.39, 0.29) is 11.9 Å². The normalized spacial score (nSPS) is 17.3. The summed E-state index contributed by atoms with van der Waals surface area (Å²) in [6.07, 6.45) is 2.44. The van der Waals surface area contributed by atoms with E-state index in [1.54, 1.807) is 41.4 Å². The Balaban J connectivity index is 1.56. The van der Waals surface area contributed by atoms with Crippen LogP contribution in [0.2, 0.25) is 0 Å². The zero-order valence-corrected chi connectivity index (χ0v) is 15.7. The minimum absolute atomic E-state index is 0.0866. The molecule has 0 radical (unpaired) electrons. The highest BCUT2D eigenvalue weighted by Gasteiger charge is 2.34. The van der Waals surface area contributed by atoms with Crippen LogP contribution < -0.4 is 15.0 Å². The number of nitrogens with one attached hydrogen (secondary N) is 1. The Hall–Kier alpha value is -2.61. The lowest BCUT2D eigenvalue weighted by Crippen LogP contribution is -2.59. The number of aromatic nitrogens is 1. The molecule has 1 saturated heterocycles. The topological polar surface area (TPSA) is 74.8 Å². The monoisotopic (exact) mass is 374 g/mol. The Morgan fingerprint density at radius 2 is 2.12 bits per heavy atom. The van der Waals surface area contributed by atoms with E-state index in [0.717, 1.165) is 16.4 Å². The fourth-order valence-corrected chi connectivity index (χ4v) is 3.54. The van der Waals surface area contributed by atoms with Crippen LogP contribution in [0.15, 0.2) is 35.8 Å². The average molecular weight is 374 g/mol. The van der Waals surface area contributed by atoms with Crippen LogP contribution in [-0.4, -0.2) is 54.6 Å². The van der Waals surface area contributed by atoms with Crippen molar-refractivity contribution < 1.29 is 14.3 Å². The summed E-state index contributed by atoms with van der Waals surface area (Å²) in [4.78, 5) is 32.6. The number of anilines is 1. The largest absolute Gasteiger partial charge is 0.497 e. The molecule has 1 atom stereocenters. The summed E-state index contributed by atoms with van der Waals surface area (Å²) in [7, 11) is 1.61. The molecule has 0 unspecified atom stereocenters. The lowest BCUT2D eigenvalue weighted by molar-refractivity contribution is -0.124. The van der Waals surface area contributed by atoms with Gasteiger partial charge in [-0.25, -0.2) is 9.78 Å². The molecule has 1 aliphatic heterocycles. The van der Waals surface area contributed by atoms with Crippen molar-refractivity contribution in [1.82, 2.24) is 15.2 Å². The Labute approximate surface area is 156 Å². The van der Waals surface area contributed by atoms with Crippen molar-refractivity contribution in [3.8, 4) is 5.75 Å². The number of ether oxygens (including phenoxy) is 1. The van der Waals surface area contributed by atoms with Crippen LogP contribution in [0.4, 0.5) is 10.5 Å². The summed E-state index contributed by atoms with van der Waals surface area (Å²) in [5.74, 6) is 0.656. The van der Waals surface area contributed by atoms with Crippen LogP contribution >= 0.6 is 11.3 Å². The maximum atomic E-state index is 12.7. The molecule has 1 N–H and O–H groups in total. The molecule has 2 heterocycles. The van der Waals surface area contributed by atoms with Crippen molar-refractivity contribution in [3.05, 3.63) is 40.8 Å². The molecular formula is C18H22N4O3S. The second kappa shape index (κ2) is 8.18. The van der Waals surface area contributed by atoms with Crippen molar-refractivity contribution in [2.45, 2.75) is 19.4 Å². The van der Waals surface area contributed by atoms with Gasteiger partial charge in [-0.05, 0) is 31.2 Å². The number of carbonyl (C=O) groups is 2. The van der Waals surface area contributed by atoms with Crippen molar-refractivity contribution >= 4 is 29.0 Å². The number of carbonyl (C=O) groups excluding carboxylic acids is 2. The number of hydrogen-bond donors (Lipinski definition) is 1. The van der Waals surface area contributed by atoms with Gasteiger partial charge in [-0.3, -0.25) is 4.79 Å². The third-order valence-corrected chi connectivity index (χ3v) is 5.24. The first-order chi connectivity index (χ1) is 12.6. The number of hydrogen-bond acceptors (Lipinski definition) is 5. The lowest BCUT2D eigenvalue weighted by atomic mass is 10.1. The first kappa shape index (κ1) is 18.2. The fourth-order valence-electron chi connectivity index (χ4n) is 2.92. The molecule has 1 aliphatic rings. The average Bonchev–Trinajstić information content (AvgIpc) is 3.17. The van der Waals surface area contributed by atoms with Gasteiger partial charge < -0.3 is 19.9 Å². The zero-order valence-electron chi connectivity index (χ0n) is 14.8. The number of urea groups is 1. The summed E-state index contributed by atoms with van der Waals surface area (Å²) in [5, 5.41) is 5.78. The molecule has 8 heteroatoms. The Kier molecular flexibility index (Phi) is 5.72. The van der Waals surface area contributed by atoms with Gasteiger partial charge in [0.1, 0.15) is 11.8 Å². The first-order valence-corrected chi connectivity index (χ1v) is 9.36. The number of rotatable bonds is 5. The number of benzene rings is 1. The van der Waals surface area contributed by atoms with Gasteiger partial charge in [-0.2, -0.15) is 0 Å². The molecule has 138 valence electrons. The second-order valence-corrected chi connectivity index (χ2v) is 6.94. The molecule has 1 fully saturated rings. The summed E-state index contributed by atoms with van der Waals surface area (Å²) in [6.45, 7) is 3.22. The predicted molar refractivity (Wildman–Crippen MR) is 101 cm³/mol. The van der Waals surface area contributed by atoms with Gasteiger partial charge in [0.05, 0.1) is 12.1 Å². The van der Waals surface area contributed by atoms with Crippen LogP contribution in [0, 0.1) is 0 Å². The van der Waals surface area contributed by atoms with Gasteiger partial charge in [0.2, 0.25) is 5.91 Å². The molecule has 0 bridgehead atoms. The Morgan fingerprint density at radius 3 is 2.77 bits per heavy atom. The highest BCUT2D eigenvalue weighted by molar-refractivity contribution is 7.09. The van der Waals surface area contributed by atoms with Crippen LogP contribution in [-0.2, 0) is 11.2 Å². The van der Waals surface area contributed by atoms with Gasteiger partial charge in [0.15, 0.2) is 0 Å². The molecule has 26 heavy (non-hydrogen) atoms. The van der Waals surface area contributed by atoms with Gasteiger partial charge >= 0.3 is 6.03 Å². The molecular weight excluding hydrogens is 352 g/mol. The van der Waals surface area contributed by atoms with Crippen LogP contribution in [0.3, 0.4) is 0 Å². The van der Waals surface area contributed by atoms with E-state index >= 15 is 0 Å². The number of nitrogens with zero attached hydrogens (tertiary/aromatic N) is 3. The number of amides is 3. The smallest absolute Gasteiger partial charge is 0.318 e. The Bertz CT molecular complexity index is 748. The fraction of sp³-hybridized carbons (Fsp3) is 0.389. The molecule has 0 aliphatic carbocycles. The first-order valence-electron chi connectivity index (χ1n) is 8.48. The van der Waals surface area contributed by atoms with Gasteiger partial charge in [-0.1, -0.05) is 0 Å². The van der Waals surface area contributed by atoms with Crippen LogP contribution in [0.25, 0.3) is 0 Å². The number of methoxy groups -OCH3 is 1. The molecule has 7 nitrogen and oxygen atoms in total. The van der Waals surface area contributed by atoms with Crippen LogP contribution in [0.5, 0.6) is 5.75 Å². The zero-order chi connectivity index (χ0) is 18.5. The molecule has 1 aromatic carbocycles. The van der Waals surface area contributed by atoms with E-state index in [9.17, 15) is 9.59 Å². The predicted octanol–water partition coefficient (Wildman–Crippen LogP) is 2.14. The maximum absolute atomic E-state index is 12.7. The quantitative estimate of drug-likeness (QED) is 0.870. The van der Waals surface area contributed by atoms with Gasteiger partial charge in [0, 0.05) is 43.3 Å². The summed E-state index contributed by atoms with van der Waals surface area (Å²) < 4.78 is 5.15. The molecule has 1 aromatic heterocycles. The SMILES string of the molecule is COc1ccc(N2CCN(C(=O)NCCc3nccs3)[C@H](C)C2=O)cc1. The van der Waals surface area contributed by atoms with Crippen molar-refractivity contribution in [3.63, 3.8) is 0 Å². The van der Waals surface area contributed by atoms with E-state index in [2.05, 4.69) is 10.3 Å². The van der Waals surface area contributed by atoms with Crippen molar-refractivity contribution in [1.29, 1.82) is 0 Å². The second-order valence-electron chi connectivity index (χ2n) is 5.97. The van der Waals surface area contributed by atoms with Gasteiger partial charge in [-0.15, -0.1) is 11.3 Å². The maximum Gasteiger partial charge on any atom is 0.318 e. The lowest BCUT2D eigenvalue weighted by Gasteiger charge is -2.39. The highest BCUT2D eigenvalue weighted by atomic mass is 32.1. The Morgan fingerprint density at radius 1 is 1.35 bits per heavy atom. The summed E-state index contributed by atoms with van der Waals surface area (Å²) in [6, 6.07) is 6.64. The van der Waals surface area contributed by atoms with E-state index in [4.69, 9.17) is 4.74 Å². The highest BCUT2D eigenvalue weighted by Crippen LogP contribution is 2.23. The molecule has 0 spiro atoms. The molecule has 3 amide bonds. The van der Waals surface area contributed by atoms with E-state index in [0.29, 0.717) is 26.1 Å². The summed E-state index contributed by atoms with van der Waals surface area (Å²) in [5.41, 5.74) is 0.812. The van der Waals surface area contributed by atoms with Crippen molar-refractivity contribution in [2.75, 3.05) is 31.6 Å². The third-order valence-electron chi connectivity index (χ3n) is 4.40. The standard InChI is InChI=1S/C18H22N4O3S/c1-13-17(23)22(14-3-5-15(25-2)6-4-14)11-10-21(13)18(24)20-8-7-16-19-9-12-26-16/h3-6,9,12-13H,7-8,10-11H2,1-2H3,(H,20,24)/t13-/m1/s1. The summed E-state index contributed by atoms with van der Waals surface area (Å²) >= 11 is 1.57.